The first-order valence-corrected chi connectivity index (χ1v) is 10.3. The zero-order valence-electron chi connectivity index (χ0n) is 15.2. The van der Waals surface area contributed by atoms with Crippen LogP contribution < -0.4 is 4.74 Å². The van der Waals surface area contributed by atoms with Gasteiger partial charge >= 0.3 is 0 Å². The van der Waals surface area contributed by atoms with Crippen LogP contribution in [0.5, 0.6) is 5.75 Å². The van der Waals surface area contributed by atoms with Gasteiger partial charge in [-0.3, -0.25) is 4.79 Å². The lowest BCUT2D eigenvalue weighted by atomic mass is 9.53. The second kappa shape index (κ2) is 5.82. The number of halogens is 1. The van der Waals surface area contributed by atoms with Gasteiger partial charge in [0.25, 0.3) is 0 Å². The summed E-state index contributed by atoms with van der Waals surface area (Å²) in [6.07, 6.45) is 5.04. The first-order valence-electron chi connectivity index (χ1n) is 9.37. The minimum absolute atomic E-state index is 0.0845. The summed E-state index contributed by atoms with van der Waals surface area (Å²) in [5.41, 5.74) is 1.32. The smallest absolute Gasteiger partial charge is 0.163 e. The fourth-order valence-electron chi connectivity index (χ4n) is 6.29. The quantitative estimate of drug-likeness (QED) is 0.746. The molecule has 1 unspecified atom stereocenters. The van der Waals surface area contributed by atoms with Crippen molar-refractivity contribution in [2.45, 2.75) is 62.3 Å². The first-order chi connectivity index (χ1) is 11.8. The molecule has 3 aliphatic rings. The molecule has 0 bridgehead atoms. The zero-order chi connectivity index (χ0) is 18.0. The Labute approximate surface area is 158 Å². The summed E-state index contributed by atoms with van der Waals surface area (Å²) in [7, 11) is 1.72. The molecule has 1 aromatic rings. The number of fused-ring (bicyclic) bond motifs is 5. The van der Waals surface area contributed by atoms with E-state index in [0.717, 1.165) is 37.9 Å². The largest absolute Gasteiger partial charge is 0.497 e. The highest BCUT2D eigenvalue weighted by Gasteiger charge is 2.67. The van der Waals surface area contributed by atoms with Crippen LogP contribution in [-0.4, -0.2) is 28.4 Å². The van der Waals surface area contributed by atoms with Crippen molar-refractivity contribution in [1.29, 1.82) is 0 Å². The molecule has 3 aliphatic carbocycles. The zero-order valence-corrected chi connectivity index (χ0v) is 16.8. The average molecular weight is 407 g/mol. The third-order valence-electron chi connectivity index (χ3n) is 7.64. The van der Waals surface area contributed by atoms with Crippen molar-refractivity contribution in [3.63, 3.8) is 0 Å². The summed E-state index contributed by atoms with van der Waals surface area (Å²) >= 11 is 3.67. The summed E-state index contributed by atoms with van der Waals surface area (Å²) in [6, 6.07) is 6.50. The van der Waals surface area contributed by atoms with Crippen LogP contribution in [0.2, 0.25) is 0 Å². The van der Waals surface area contributed by atoms with Crippen molar-refractivity contribution in [2.75, 3.05) is 7.11 Å². The minimum atomic E-state index is -1.23. The molecule has 0 amide bonds. The van der Waals surface area contributed by atoms with E-state index in [4.69, 9.17) is 4.74 Å². The molecule has 1 aromatic carbocycles. The topological polar surface area (TPSA) is 46.5 Å². The van der Waals surface area contributed by atoms with Crippen LogP contribution in [0.25, 0.3) is 0 Å². The number of benzene rings is 1. The predicted molar refractivity (Wildman–Crippen MR) is 101 cm³/mol. The third kappa shape index (κ3) is 2.22. The van der Waals surface area contributed by atoms with Crippen molar-refractivity contribution in [2.24, 2.45) is 17.3 Å². The Morgan fingerprint density at radius 3 is 2.80 bits per heavy atom. The molecular formula is C21H27BrO3. The lowest BCUT2D eigenvalue weighted by Gasteiger charge is -2.52. The lowest BCUT2D eigenvalue weighted by Crippen LogP contribution is -2.57. The molecule has 2 saturated carbocycles. The number of carbonyl (C=O) groups excluding carboxylic acids is 1. The molecule has 136 valence electrons. The Morgan fingerprint density at radius 2 is 2.12 bits per heavy atom. The lowest BCUT2D eigenvalue weighted by molar-refractivity contribution is -0.153. The second-order valence-electron chi connectivity index (χ2n) is 8.46. The number of Topliss-reactive ketones (excluding diaryl/α,β-unsaturated/α-hetero) is 1. The molecule has 4 heteroatoms. The van der Waals surface area contributed by atoms with E-state index in [2.05, 4.69) is 41.1 Å². The second-order valence-corrected chi connectivity index (χ2v) is 9.57. The van der Waals surface area contributed by atoms with E-state index < -0.39 is 5.60 Å². The molecule has 3 nitrogen and oxygen atoms in total. The highest BCUT2D eigenvalue weighted by Crippen LogP contribution is 2.65. The number of alkyl halides is 1. The average Bonchev–Trinajstić information content (AvgIpc) is 2.82. The summed E-state index contributed by atoms with van der Waals surface area (Å²) in [4.78, 5) is 12.2. The van der Waals surface area contributed by atoms with E-state index in [1.54, 1.807) is 14.0 Å². The molecule has 0 heterocycles. The standard InChI is InChI=1S/C21H27BrO3/c1-12(23)21(24)19(22)11-18-17-6-4-13-10-14(25-3)5-7-15(13)16(17)8-9-20(18,21)2/h5,7,10,16-19,24H,4,6,8-9,11H2,1-3H3/t16-,17-,18+,19?,20+,21-/m1/s1. The molecular weight excluding hydrogens is 380 g/mol. The van der Waals surface area contributed by atoms with Crippen molar-refractivity contribution in [3.8, 4) is 5.75 Å². The van der Waals surface area contributed by atoms with Crippen molar-refractivity contribution in [1.82, 2.24) is 0 Å². The summed E-state index contributed by atoms with van der Waals surface area (Å²) < 4.78 is 5.39. The van der Waals surface area contributed by atoms with Crippen LogP contribution in [0.3, 0.4) is 0 Å². The van der Waals surface area contributed by atoms with Crippen molar-refractivity contribution >= 4 is 21.7 Å². The van der Waals surface area contributed by atoms with Crippen LogP contribution in [0.1, 0.15) is 56.6 Å². The van der Waals surface area contributed by atoms with Crippen molar-refractivity contribution in [3.05, 3.63) is 29.3 Å². The van der Waals surface area contributed by atoms with E-state index in [0.29, 0.717) is 17.8 Å². The van der Waals surface area contributed by atoms with Gasteiger partial charge in [0.05, 0.1) is 11.9 Å². The minimum Gasteiger partial charge on any atom is -0.497 e. The van der Waals surface area contributed by atoms with Gasteiger partial charge in [0.1, 0.15) is 11.4 Å². The van der Waals surface area contributed by atoms with E-state index >= 15 is 0 Å². The Kier molecular flexibility index (Phi) is 4.08. The summed E-state index contributed by atoms with van der Waals surface area (Å²) in [6.45, 7) is 3.70. The van der Waals surface area contributed by atoms with Gasteiger partial charge in [-0.05, 0) is 80.0 Å². The molecule has 6 atom stereocenters. The van der Waals surface area contributed by atoms with Crippen LogP contribution in [-0.2, 0) is 11.2 Å². The molecule has 0 radical (unpaired) electrons. The van der Waals surface area contributed by atoms with Gasteiger partial charge in [0.15, 0.2) is 5.78 Å². The van der Waals surface area contributed by atoms with Crippen LogP contribution in [0.4, 0.5) is 0 Å². The Bertz CT molecular complexity index is 717. The maximum Gasteiger partial charge on any atom is 0.163 e. The van der Waals surface area contributed by atoms with Gasteiger partial charge in [-0.25, -0.2) is 0 Å². The Morgan fingerprint density at radius 1 is 1.36 bits per heavy atom. The number of rotatable bonds is 2. The van der Waals surface area contributed by atoms with E-state index in [9.17, 15) is 9.90 Å². The molecule has 0 aliphatic heterocycles. The summed E-state index contributed by atoms with van der Waals surface area (Å²) in [5.74, 6) is 2.33. The van der Waals surface area contributed by atoms with Crippen LogP contribution in [0.15, 0.2) is 18.2 Å². The van der Waals surface area contributed by atoms with E-state index in [-0.39, 0.29) is 16.0 Å². The Balaban J connectivity index is 1.72. The van der Waals surface area contributed by atoms with E-state index in [1.807, 2.05) is 0 Å². The predicted octanol–water partition coefficient (Wildman–Crippen LogP) is 4.24. The van der Waals surface area contributed by atoms with Gasteiger partial charge in [0.2, 0.25) is 0 Å². The molecule has 0 spiro atoms. The number of ketones is 1. The first kappa shape index (κ1) is 17.5. The number of aliphatic hydroxyl groups is 1. The Hall–Kier alpha value is -0.870. The van der Waals surface area contributed by atoms with Gasteiger partial charge < -0.3 is 9.84 Å². The van der Waals surface area contributed by atoms with Gasteiger partial charge in [0, 0.05) is 5.41 Å². The molecule has 0 aromatic heterocycles. The molecule has 1 N–H and O–H groups in total. The fourth-order valence-corrected chi connectivity index (χ4v) is 7.54. The fraction of sp³-hybridized carbons (Fsp3) is 0.667. The highest BCUT2D eigenvalue weighted by atomic mass is 79.9. The number of aryl methyl sites for hydroxylation is 1. The number of hydrogen-bond acceptors (Lipinski definition) is 3. The van der Waals surface area contributed by atoms with Crippen molar-refractivity contribution < 1.29 is 14.6 Å². The summed E-state index contributed by atoms with van der Waals surface area (Å²) in [5, 5.41) is 11.3. The highest BCUT2D eigenvalue weighted by molar-refractivity contribution is 9.09. The SMILES string of the molecule is COc1ccc2c(c1)CC[C@@H]1[C@@H]2CC[C@@]2(C)[C@H]1CC(Br)[C@]2(O)C(C)=O. The number of methoxy groups -OCH3 is 1. The molecule has 0 saturated heterocycles. The monoisotopic (exact) mass is 406 g/mol. The van der Waals surface area contributed by atoms with Crippen LogP contribution >= 0.6 is 15.9 Å². The third-order valence-corrected chi connectivity index (χ3v) is 8.68. The normalized spacial score (nSPS) is 42.3. The number of hydrogen-bond donors (Lipinski definition) is 1. The van der Waals surface area contributed by atoms with Crippen LogP contribution in [0, 0.1) is 17.3 Å². The maximum atomic E-state index is 12.4. The molecule has 4 rings (SSSR count). The number of ether oxygens (including phenoxy) is 1. The molecule has 25 heavy (non-hydrogen) atoms. The maximum absolute atomic E-state index is 12.4. The van der Waals surface area contributed by atoms with Gasteiger partial charge in [-0.1, -0.05) is 28.9 Å². The molecule has 2 fully saturated rings. The van der Waals surface area contributed by atoms with E-state index in [1.165, 1.54) is 11.1 Å². The van der Waals surface area contributed by atoms with Gasteiger partial charge in [-0.2, -0.15) is 0 Å². The van der Waals surface area contributed by atoms with Gasteiger partial charge in [-0.15, -0.1) is 0 Å². The number of carbonyl (C=O) groups is 1.